The molecule has 9 heteroatoms. The van der Waals surface area contributed by atoms with Gasteiger partial charge in [0.25, 0.3) is 11.5 Å². The number of carbonyl (C=O) groups excluding carboxylic acids is 1. The summed E-state index contributed by atoms with van der Waals surface area (Å²) in [7, 11) is 1.71. The summed E-state index contributed by atoms with van der Waals surface area (Å²) in [6.45, 7) is 3.81. The van der Waals surface area contributed by atoms with Gasteiger partial charge in [0, 0.05) is 7.05 Å². The van der Waals surface area contributed by atoms with Crippen molar-refractivity contribution in [2.75, 3.05) is 11.9 Å². The second kappa shape index (κ2) is 9.58. The van der Waals surface area contributed by atoms with Gasteiger partial charge in [-0.15, -0.1) is 0 Å². The highest BCUT2D eigenvalue weighted by Gasteiger charge is 2.20. The van der Waals surface area contributed by atoms with Crippen molar-refractivity contribution >= 4 is 33.6 Å². The number of para-hydroxylation sites is 1. The van der Waals surface area contributed by atoms with Gasteiger partial charge in [-0.1, -0.05) is 18.2 Å². The van der Waals surface area contributed by atoms with E-state index in [1.165, 1.54) is 16.8 Å². The van der Waals surface area contributed by atoms with E-state index in [9.17, 15) is 20.0 Å². The minimum absolute atomic E-state index is 0.0756. The zero-order valence-electron chi connectivity index (χ0n) is 17.7. The summed E-state index contributed by atoms with van der Waals surface area (Å²) in [5.41, 5.74) is 1.13. The number of nitriles is 1. The number of aromatic hydroxyl groups is 1. The molecule has 32 heavy (non-hydrogen) atoms. The molecular formula is C23H21BrN4O4. The van der Waals surface area contributed by atoms with E-state index in [0.29, 0.717) is 28.0 Å². The van der Waals surface area contributed by atoms with Gasteiger partial charge in [-0.2, -0.15) is 5.26 Å². The predicted octanol–water partition coefficient (Wildman–Crippen LogP) is 3.90. The highest BCUT2D eigenvalue weighted by Crippen LogP contribution is 2.36. The molecule has 164 valence electrons. The van der Waals surface area contributed by atoms with Crippen LogP contribution in [0.2, 0.25) is 0 Å². The number of benzene rings is 2. The van der Waals surface area contributed by atoms with Gasteiger partial charge in [-0.25, -0.2) is 4.68 Å². The lowest BCUT2D eigenvalue weighted by Crippen LogP contribution is -2.23. The summed E-state index contributed by atoms with van der Waals surface area (Å²) in [4.78, 5) is 25.8. The minimum Gasteiger partial charge on any atom is -0.503 e. The maximum Gasteiger partial charge on any atom is 0.295 e. The molecule has 0 saturated heterocycles. The van der Waals surface area contributed by atoms with E-state index in [1.54, 1.807) is 43.8 Å². The van der Waals surface area contributed by atoms with Gasteiger partial charge >= 0.3 is 0 Å². The lowest BCUT2D eigenvalue weighted by Gasteiger charge is -2.09. The van der Waals surface area contributed by atoms with Gasteiger partial charge in [0.1, 0.15) is 17.3 Å². The normalized spacial score (nSPS) is 11.2. The first-order valence-electron chi connectivity index (χ1n) is 9.71. The molecule has 0 radical (unpaired) electrons. The number of carbonyl (C=O) groups is 1. The number of hydrogen-bond acceptors (Lipinski definition) is 5. The smallest absolute Gasteiger partial charge is 0.295 e. The summed E-state index contributed by atoms with van der Waals surface area (Å²) >= 11 is 3.23. The van der Waals surface area contributed by atoms with Crippen LogP contribution in [0.3, 0.4) is 0 Å². The fourth-order valence-corrected chi connectivity index (χ4v) is 3.61. The molecule has 3 aromatic rings. The van der Waals surface area contributed by atoms with Crippen molar-refractivity contribution in [2.45, 2.75) is 13.8 Å². The van der Waals surface area contributed by atoms with Crippen LogP contribution in [0.1, 0.15) is 18.2 Å². The molecule has 8 nitrogen and oxygen atoms in total. The Balaban J connectivity index is 1.97. The van der Waals surface area contributed by atoms with E-state index < -0.39 is 11.5 Å². The average molecular weight is 497 g/mol. The quantitative estimate of drug-likeness (QED) is 0.397. The summed E-state index contributed by atoms with van der Waals surface area (Å²) in [6, 6.07) is 14.0. The molecule has 0 atom stereocenters. The molecule has 0 bridgehead atoms. The molecule has 0 aliphatic heterocycles. The molecule has 3 rings (SSSR count). The van der Waals surface area contributed by atoms with Gasteiger partial charge in [0.15, 0.2) is 11.5 Å². The average Bonchev–Trinajstić information content (AvgIpc) is 2.99. The zero-order chi connectivity index (χ0) is 23.4. The van der Waals surface area contributed by atoms with Crippen molar-refractivity contribution in [3.8, 4) is 23.3 Å². The second-order valence-corrected chi connectivity index (χ2v) is 7.70. The Labute approximate surface area is 193 Å². The molecule has 0 fully saturated rings. The first kappa shape index (κ1) is 22.9. The Morgan fingerprint density at radius 3 is 2.62 bits per heavy atom. The minimum atomic E-state index is -0.722. The lowest BCUT2D eigenvalue weighted by molar-refractivity contribution is -0.112. The Hall–Kier alpha value is -3.77. The van der Waals surface area contributed by atoms with Gasteiger partial charge < -0.3 is 15.2 Å². The summed E-state index contributed by atoms with van der Waals surface area (Å²) in [5, 5.41) is 22.2. The third-order valence-corrected chi connectivity index (χ3v) is 5.42. The van der Waals surface area contributed by atoms with Crippen LogP contribution in [0.5, 0.6) is 11.5 Å². The van der Waals surface area contributed by atoms with E-state index in [-0.39, 0.29) is 22.8 Å². The van der Waals surface area contributed by atoms with Crippen molar-refractivity contribution in [3.63, 3.8) is 0 Å². The van der Waals surface area contributed by atoms with Crippen LogP contribution >= 0.6 is 15.9 Å². The first-order chi connectivity index (χ1) is 15.3. The Morgan fingerprint density at radius 2 is 2.00 bits per heavy atom. The number of anilines is 1. The number of halogens is 1. The van der Waals surface area contributed by atoms with Crippen molar-refractivity contribution in [1.29, 1.82) is 5.26 Å². The maximum atomic E-state index is 13.0. The topological polar surface area (TPSA) is 109 Å². The Bertz CT molecular complexity index is 1300. The number of aromatic nitrogens is 2. The molecule has 0 aliphatic rings. The van der Waals surface area contributed by atoms with Crippen LogP contribution in [0.4, 0.5) is 5.69 Å². The highest BCUT2D eigenvalue weighted by molar-refractivity contribution is 9.10. The van der Waals surface area contributed by atoms with E-state index in [1.807, 2.05) is 24.3 Å². The fraction of sp³-hybridized carbons (Fsp3) is 0.174. The molecule has 0 saturated carbocycles. The highest BCUT2D eigenvalue weighted by atomic mass is 79.9. The number of amides is 1. The number of ether oxygens (including phenoxy) is 1. The SMILES string of the molecule is CCOc1cc(/C=C(/C#N)C(=O)Nc2c(C)n(C)n(-c3ccccc3)c2=O)cc(Br)c1O. The second-order valence-electron chi connectivity index (χ2n) is 6.84. The van der Waals surface area contributed by atoms with E-state index in [2.05, 4.69) is 21.2 Å². The van der Waals surface area contributed by atoms with Gasteiger partial charge in [-0.3, -0.25) is 14.3 Å². The zero-order valence-corrected chi connectivity index (χ0v) is 19.3. The third kappa shape index (κ3) is 4.45. The largest absolute Gasteiger partial charge is 0.503 e. The number of nitrogens with one attached hydrogen (secondary N) is 1. The molecule has 2 N–H and O–H groups in total. The van der Waals surface area contributed by atoms with E-state index >= 15 is 0 Å². The number of rotatable bonds is 6. The van der Waals surface area contributed by atoms with Crippen molar-refractivity contribution in [1.82, 2.24) is 9.36 Å². The number of phenolic OH excluding ortho intramolecular Hbond substituents is 1. The van der Waals surface area contributed by atoms with Crippen molar-refractivity contribution < 1.29 is 14.6 Å². The molecule has 0 aliphatic carbocycles. The lowest BCUT2D eigenvalue weighted by atomic mass is 10.1. The van der Waals surface area contributed by atoms with Crippen molar-refractivity contribution in [2.24, 2.45) is 7.05 Å². The maximum absolute atomic E-state index is 13.0. The van der Waals surface area contributed by atoms with Crippen LogP contribution in [-0.2, 0) is 11.8 Å². The number of phenols is 1. The van der Waals surface area contributed by atoms with E-state index in [0.717, 1.165) is 0 Å². The van der Waals surface area contributed by atoms with Gasteiger partial charge in [0.2, 0.25) is 0 Å². The molecule has 1 aromatic heterocycles. The van der Waals surface area contributed by atoms with Crippen LogP contribution < -0.4 is 15.6 Å². The molecule has 1 heterocycles. The van der Waals surface area contributed by atoms with Crippen LogP contribution in [0, 0.1) is 18.3 Å². The predicted molar refractivity (Wildman–Crippen MR) is 125 cm³/mol. The first-order valence-corrected chi connectivity index (χ1v) is 10.5. The summed E-state index contributed by atoms with van der Waals surface area (Å²) in [6.07, 6.45) is 1.36. The molecule has 1 amide bonds. The number of hydrogen-bond donors (Lipinski definition) is 2. The van der Waals surface area contributed by atoms with Crippen LogP contribution in [-0.4, -0.2) is 27.0 Å². The van der Waals surface area contributed by atoms with Gasteiger partial charge in [0.05, 0.1) is 22.5 Å². The Morgan fingerprint density at radius 1 is 1.31 bits per heavy atom. The van der Waals surface area contributed by atoms with Crippen LogP contribution in [0.25, 0.3) is 11.8 Å². The van der Waals surface area contributed by atoms with Crippen LogP contribution in [0.15, 0.2) is 57.3 Å². The molecular weight excluding hydrogens is 476 g/mol. The Kier molecular flexibility index (Phi) is 6.85. The summed E-state index contributed by atoms with van der Waals surface area (Å²) in [5.74, 6) is -0.579. The molecule has 0 spiro atoms. The standard InChI is InChI=1S/C23H21BrN4O4/c1-4-32-19-12-15(11-18(24)21(19)29)10-16(13-25)22(30)26-20-14(2)27(3)28(23(20)31)17-8-6-5-7-9-17/h5-12,29H,4H2,1-3H3,(H,26,30)/b16-10-. The monoisotopic (exact) mass is 496 g/mol. The molecule has 0 unspecified atom stereocenters. The third-order valence-electron chi connectivity index (χ3n) is 4.82. The fourth-order valence-electron chi connectivity index (χ4n) is 3.15. The van der Waals surface area contributed by atoms with Crippen molar-refractivity contribution in [3.05, 3.63) is 74.1 Å². The van der Waals surface area contributed by atoms with Gasteiger partial charge in [-0.05, 0) is 65.7 Å². The summed E-state index contributed by atoms with van der Waals surface area (Å²) < 4.78 is 8.81. The molecule has 2 aromatic carbocycles. The number of nitrogens with zero attached hydrogens (tertiary/aromatic N) is 3. The van der Waals surface area contributed by atoms with E-state index in [4.69, 9.17) is 4.74 Å².